The molecule has 2 aliphatic rings. The van der Waals surface area contributed by atoms with Crippen molar-refractivity contribution in [3.8, 4) is 6.07 Å². The molecule has 2 N–H and O–H groups in total. The average molecular weight is 403 g/mol. The molecule has 1 aliphatic heterocycles. The second-order valence-electron chi connectivity index (χ2n) is 7.18. The molecule has 2 aromatic heterocycles. The predicted molar refractivity (Wildman–Crippen MR) is 96.8 cm³/mol. The van der Waals surface area contributed by atoms with Gasteiger partial charge in [0.15, 0.2) is 23.9 Å². The topological polar surface area (TPSA) is 120 Å². The number of aromatic amines is 1. The van der Waals surface area contributed by atoms with E-state index in [9.17, 15) is 13.6 Å². The molecule has 29 heavy (non-hydrogen) atoms. The van der Waals surface area contributed by atoms with Crippen molar-refractivity contribution in [1.82, 2.24) is 25.1 Å². The van der Waals surface area contributed by atoms with Gasteiger partial charge in [-0.2, -0.15) is 10.4 Å². The fraction of sp³-hybridized carbons (Fsp3) is 0.500. The summed E-state index contributed by atoms with van der Waals surface area (Å²) in [6.45, 7) is -0.520. The molecular formula is C18H19F2N7O2. The molecule has 3 heterocycles. The third-order valence-electron chi connectivity index (χ3n) is 5.15. The maximum Gasteiger partial charge on any atom is 0.410 e. The lowest BCUT2D eigenvalue weighted by Gasteiger charge is -2.18. The minimum atomic E-state index is -1.64. The number of alkyl halides is 2. The molecule has 4 rings (SSSR count). The van der Waals surface area contributed by atoms with Gasteiger partial charge in [-0.3, -0.25) is 5.10 Å². The molecule has 0 radical (unpaired) electrons. The first-order valence-corrected chi connectivity index (χ1v) is 9.30. The van der Waals surface area contributed by atoms with E-state index in [0.717, 1.165) is 17.0 Å². The number of carbonyl (C=O) groups is 1. The lowest BCUT2D eigenvalue weighted by atomic mass is 10.0. The maximum atomic E-state index is 13.3. The Hall–Kier alpha value is -3.29. The first kappa shape index (κ1) is 19.0. The Kier molecular flexibility index (Phi) is 5.24. The van der Waals surface area contributed by atoms with Crippen LogP contribution in [0.3, 0.4) is 0 Å². The normalized spacial score (nSPS) is 26.3. The van der Waals surface area contributed by atoms with Crippen molar-refractivity contribution < 1.29 is 18.3 Å². The molecule has 1 amide bonds. The molecule has 1 saturated heterocycles. The van der Waals surface area contributed by atoms with Gasteiger partial charge in [0, 0.05) is 17.7 Å². The third-order valence-corrected chi connectivity index (χ3v) is 5.15. The molecule has 11 heteroatoms. The van der Waals surface area contributed by atoms with Gasteiger partial charge >= 0.3 is 6.09 Å². The van der Waals surface area contributed by atoms with Crippen LogP contribution in [0.25, 0.3) is 0 Å². The van der Waals surface area contributed by atoms with Gasteiger partial charge in [-0.15, -0.1) is 0 Å². The number of H-pyrrole nitrogens is 1. The zero-order chi connectivity index (χ0) is 20.4. The van der Waals surface area contributed by atoms with Crippen molar-refractivity contribution in [2.24, 2.45) is 0 Å². The van der Waals surface area contributed by atoms with Crippen molar-refractivity contribution in [2.75, 3.05) is 18.4 Å². The number of anilines is 2. The summed E-state index contributed by atoms with van der Waals surface area (Å²) < 4.78 is 31.9. The number of aromatic nitrogens is 4. The van der Waals surface area contributed by atoms with E-state index in [4.69, 9.17) is 10.00 Å². The van der Waals surface area contributed by atoms with E-state index < -0.39 is 18.4 Å². The fourth-order valence-corrected chi connectivity index (χ4v) is 3.61. The fourth-order valence-electron chi connectivity index (χ4n) is 3.61. The summed E-state index contributed by atoms with van der Waals surface area (Å²) in [6, 6.07) is 3.74. The largest absolute Gasteiger partial charge is 0.446 e. The number of nitrogens with one attached hydrogen (secondary N) is 2. The van der Waals surface area contributed by atoms with Crippen LogP contribution in [0.2, 0.25) is 0 Å². The first-order valence-electron chi connectivity index (χ1n) is 9.30. The monoisotopic (exact) mass is 403 g/mol. The molecule has 1 saturated carbocycles. The van der Waals surface area contributed by atoms with Crippen LogP contribution < -0.4 is 5.32 Å². The van der Waals surface area contributed by atoms with E-state index in [0.29, 0.717) is 24.5 Å². The van der Waals surface area contributed by atoms with Crippen molar-refractivity contribution in [1.29, 1.82) is 5.26 Å². The highest BCUT2D eigenvalue weighted by Gasteiger charge is 2.38. The Labute approximate surface area is 165 Å². The van der Waals surface area contributed by atoms with Gasteiger partial charge in [0.2, 0.25) is 0 Å². The Morgan fingerprint density at radius 2 is 2.03 bits per heavy atom. The van der Waals surface area contributed by atoms with Crippen LogP contribution in [-0.2, 0) is 4.74 Å². The van der Waals surface area contributed by atoms with Crippen LogP contribution in [0.1, 0.15) is 36.6 Å². The number of nitrogens with zero attached hydrogens (tertiary/aromatic N) is 5. The second kappa shape index (κ2) is 7.98. The minimum Gasteiger partial charge on any atom is -0.446 e. The molecular weight excluding hydrogens is 384 g/mol. The smallest absolute Gasteiger partial charge is 0.410 e. The number of nitriles is 1. The lowest BCUT2D eigenvalue weighted by molar-refractivity contribution is 0.0686. The third kappa shape index (κ3) is 4.26. The molecule has 2 aromatic rings. The number of amides is 1. The number of ether oxygens (including phenoxy) is 1. The number of hydrogen-bond acceptors (Lipinski definition) is 7. The Bertz CT molecular complexity index is 904. The van der Waals surface area contributed by atoms with Gasteiger partial charge in [-0.25, -0.2) is 23.5 Å². The minimum absolute atomic E-state index is 0.129. The van der Waals surface area contributed by atoms with Crippen molar-refractivity contribution in [3.05, 3.63) is 29.8 Å². The molecule has 0 spiro atoms. The van der Waals surface area contributed by atoms with Crippen LogP contribution in [-0.4, -0.2) is 62.7 Å². The van der Waals surface area contributed by atoms with E-state index in [1.54, 1.807) is 0 Å². The molecule has 4 atom stereocenters. The van der Waals surface area contributed by atoms with Gasteiger partial charge in [0.1, 0.15) is 18.0 Å². The predicted octanol–water partition coefficient (Wildman–Crippen LogP) is 2.58. The maximum absolute atomic E-state index is 13.3. The molecule has 0 aromatic carbocycles. The molecule has 0 unspecified atom stereocenters. The van der Waals surface area contributed by atoms with Gasteiger partial charge in [-0.1, -0.05) is 0 Å². The molecule has 9 nitrogen and oxygen atoms in total. The number of likely N-dealkylation sites (tertiary alicyclic amines) is 1. The summed E-state index contributed by atoms with van der Waals surface area (Å²) in [4.78, 5) is 21.2. The highest BCUT2D eigenvalue weighted by molar-refractivity contribution is 5.68. The van der Waals surface area contributed by atoms with Gasteiger partial charge < -0.3 is 15.0 Å². The van der Waals surface area contributed by atoms with Crippen molar-refractivity contribution in [2.45, 2.75) is 43.6 Å². The SMILES string of the molecule is N#Cc1cnc(Nc2cc([C@H]3CC[C@@H](OC(=O)N4C[C@@H](F)[C@@H](F)C4)C3)[nH]n2)cn1. The lowest BCUT2D eigenvalue weighted by Crippen LogP contribution is -2.32. The van der Waals surface area contributed by atoms with E-state index in [1.165, 1.54) is 12.4 Å². The Balaban J connectivity index is 1.30. The molecule has 2 fully saturated rings. The number of rotatable bonds is 4. The van der Waals surface area contributed by atoms with Gasteiger partial charge in [-0.05, 0) is 19.3 Å². The summed E-state index contributed by atoms with van der Waals surface area (Å²) in [6.07, 6.45) is 0.641. The average Bonchev–Trinajstić information content (AvgIpc) is 3.44. The standard InChI is InChI=1S/C18H19F2N7O2/c19-13-8-27(9-14(13)20)18(28)29-12-2-1-10(3-12)15-4-16(26-25-15)24-17-7-22-11(5-21)6-23-17/h4,6-7,10,12-14H,1-3,8-9H2,(H2,23,24,25,26)/t10-,12+,13-,14+/m0/s1. The summed E-state index contributed by atoms with van der Waals surface area (Å²) >= 11 is 0. The van der Waals surface area contributed by atoms with E-state index in [-0.39, 0.29) is 30.8 Å². The molecule has 0 bridgehead atoms. The Morgan fingerprint density at radius 3 is 2.72 bits per heavy atom. The highest BCUT2D eigenvalue weighted by atomic mass is 19.2. The summed E-state index contributed by atoms with van der Waals surface area (Å²) in [5.41, 5.74) is 1.12. The number of halogens is 2. The van der Waals surface area contributed by atoms with Crippen LogP contribution >= 0.6 is 0 Å². The van der Waals surface area contributed by atoms with Crippen LogP contribution in [0.15, 0.2) is 18.5 Å². The highest BCUT2D eigenvalue weighted by Crippen LogP contribution is 2.36. The number of carbonyl (C=O) groups excluding carboxylic acids is 1. The quantitative estimate of drug-likeness (QED) is 0.805. The molecule has 1 aliphatic carbocycles. The van der Waals surface area contributed by atoms with Crippen LogP contribution in [0.4, 0.5) is 25.2 Å². The molecule has 152 valence electrons. The zero-order valence-corrected chi connectivity index (χ0v) is 15.4. The second-order valence-corrected chi connectivity index (χ2v) is 7.18. The van der Waals surface area contributed by atoms with Gasteiger partial charge in [0.25, 0.3) is 0 Å². The van der Waals surface area contributed by atoms with Crippen molar-refractivity contribution in [3.63, 3.8) is 0 Å². The number of hydrogen-bond donors (Lipinski definition) is 2. The van der Waals surface area contributed by atoms with Gasteiger partial charge in [0.05, 0.1) is 25.5 Å². The summed E-state index contributed by atoms with van der Waals surface area (Å²) in [5, 5.41) is 18.9. The van der Waals surface area contributed by atoms with Crippen LogP contribution in [0, 0.1) is 11.3 Å². The van der Waals surface area contributed by atoms with E-state index in [2.05, 4.69) is 25.5 Å². The summed E-state index contributed by atoms with van der Waals surface area (Å²) in [7, 11) is 0. The first-order chi connectivity index (χ1) is 14.0. The van der Waals surface area contributed by atoms with E-state index in [1.807, 2.05) is 12.1 Å². The Morgan fingerprint density at radius 1 is 1.24 bits per heavy atom. The summed E-state index contributed by atoms with van der Waals surface area (Å²) in [5.74, 6) is 1.15. The van der Waals surface area contributed by atoms with E-state index >= 15 is 0 Å². The zero-order valence-electron chi connectivity index (χ0n) is 15.4. The van der Waals surface area contributed by atoms with Crippen LogP contribution in [0.5, 0.6) is 0 Å². The van der Waals surface area contributed by atoms with Crippen molar-refractivity contribution >= 4 is 17.7 Å².